The molecule has 3 heterocycles. The number of rotatable bonds is 4. The number of furan rings is 1. The first-order valence-corrected chi connectivity index (χ1v) is 16.2. The number of aromatic nitrogens is 1. The second-order valence-corrected chi connectivity index (χ2v) is 12.3. The topological polar surface area (TPSA) is 54.8 Å². The van der Waals surface area contributed by atoms with Crippen LogP contribution in [0.25, 0.3) is 60.2 Å². The predicted molar refractivity (Wildman–Crippen MR) is 197 cm³/mol. The summed E-state index contributed by atoms with van der Waals surface area (Å²) in [5.41, 5.74) is 8.09. The Morgan fingerprint density at radius 1 is 0.479 bits per heavy atom. The van der Waals surface area contributed by atoms with Crippen LogP contribution < -0.4 is 5.32 Å². The number of amidine groups is 2. The highest BCUT2D eigenvalue weighted by atomic mass is 16.3. The van der Waals surface area contributed by atoms with Gasteiger partial charge in [-0.2, -0.15) is 0 Å². The number of fused-ring (bicyclic) bond motifs is 7. The summed E-state index contributed by atoms with van der Waals surface area (Å²) < 4.78 is 8.76. The largest absolute Gasteiger partial charge is 0.456 e. The van der Waals surface area contributed by atoms with Gasteiger partial charge in [0.2, 0.25) is 0 Å². The van der Waals surface area contributed by atoms with Gasteiger partial charge in [-0.25, -0.2) is 9.98 Å². The molecule has 1 atom stereocenters. The SMILES string of the molecule is c1ccc(C2=NC(c3ccc4c(c3)oc3cc5ccccc5cc34)N=C(c3cccc(-n4c5ccccc5c5ccccc54)c3)N2)cc1. The predicted octanol–water partition coefficient (Wildman–Crippen LogP) is 10.3. The molecule has 10 rings (SSSR count). The van der Waals surface area contributed by atoms with Gasteiger partial charge in [-0.3, -0.25) is 0 Å². The van der Waals surface area contributed by atoms with E-state index in [9.17, 15) is 0 Å². The van der Waals surface area contributed by atoms with E-state index in [1.807, 2.05) is 18.2 Å². The second-order valence-electron chi connectivity index (χ2n) is 12.3. The Bertz CT molecular complexity index is 2720. The summed E-state index contributed by atoms with van der Waals surface area (Å²) in [6.45, 7) is 0. The Kier molecular flexibility index (Phi) is 5.87. The highest BCUT2D eigenvalue weighted by Crippen LogP contribution is 2.36. The maximum absolute atomic E-state index is 6.43. The lowest BCUT2D eigenvalue weighted by molar-refractivity contribution is 0.666. The third-order valence-corrected chi connectivity index (χ3v) is 9.41. The number of aliphatic imine (C=N–C) groups is 2. The molecular formula is C43H28N4O. The zero-order valence-electron chi connectivity index (χ0n) is 25.8. The molecule has 0 bridgehead atoms. The number of hydrogen-bond donors (Lipinski definition) is 1. The van der Waals surface area contributed by atoms with Gasteiger partial charge in [0.05, 0.1) is 11.0 Å². The minimum Gasteiger partial charge on any atom is -0.456 e. The van der Waals surface area contributed by atoms with Crippen LogP contribution in [-0.4, -0.2) is 16.2 Å². The summed E-state index contributed by atoms with van der Waals surface area (Å²) in [7, 11) is 0. The number of benzene rings is 7. The highest BCUT2D eigenvalue weighted by molar-refractivity contribution is 6.16. The van der Waals surface area contributed by atoms with Crippen LogP contribution in [0.4, 0.5) is 0 Å². The van der Waals surface area contributed by atoms with Gasteiger partial charge in [-0.15, -0.1) is 0 Å². The van der Waals surface area contributed by atoms with E-state index in [0.29, 0.717) is 0 Å². The summed E-state index contributed by atoms with van der Waals surface area (Å²) in [5, 5.41) is 10.6. The zero-order valence-corrected chi connectivity index (χ0v) is 25.8. The first-order chi connectivity index (χ1) is 23.8. The molecule has 0 spiro atoms. The summed E-state index contributed by atoms with van der Waals surface area (Å²) in [5.74, 6) is 1.55. The van der Waals surface area contributed by atoms with Gasteiger partial charge in [-0.1, -0.05) is 115 Å². The first kappa shape index (κ1) is 26.7. The van der Waals surface area contributed by atoms with E-state index in [0.717, 1.165) is 61.4 Å². The lowest BCUT2D eigenvalue weighted by atomic mass is 10.0. The molecule has 2 aromatic heterocycles. The van der Waals surface area contributed by atoms with Gasteiger partial charge in [0.1, 0.15) is 22.8 Å². The highest BCUT2D eigenvalue weighted by Gasteiger charge is 2.22. The Balaban J connectivity index is 1.11. The van der Waals surface area contributed by atoms with Gasteiger partial charge >= 0.3 is 0 Å². The molecule has 5 nitrogen and oxygen atoms in total. The maximum atomic E-state index is 6.43. The van der Waals surface area contributed by atoms with E-state index >= 15 is 0 Å². The fourth-order valence-corrected chi connectivity index (χ4v) is 7.12. The second kappa shape index (κ2) is 10.5. The molecule has 48 heavy (non-hydrogen) atoms. The molecule has 1 unspecified atom stereocenters. The van der Waals surface area contributed by atoms with Gasteiger partial charge in [0.15, 0.2) is 6.17 Å². The van der Waals surface area contributed by atoms with Crippen LogP contribution in [-0.2, 0) is 0 Å². The van der Waals surface area contributed by atoms with Crippen molar-refractivity contribution in [1.29, 1.82) is 0 Å². The Morgan fingerprint density at radius 3 is 1.88 bits per heavy atom. The van der Waals surface area contributed by atoms with Crippen molar-refractivity contribution < 1.29 is 4.42 Å². The standard InChI is InChI=1S/C43H28N4O/c1-2-11-27(12-3-1)41-44-42(30-15-10-16-32(23-30)47-37-19-8-6-17-33(37)34-18-7-9-20-38(34)47)46-43(45-41)31-21-22-35-36-24-28-13-4-5-14-29(28)25-40(36)48-39(35)26-31/h1-26,43H,(H,44,45,46). The molecule has 0 aliphatic carbocycles. The van der Waals surface area contributed by atoms with Crippen molar-refractivity contribution in [3.63, 3.8) is 0 Å². The molecule has 5 heteroatoms. The lowest BCUT2D eigenvalue weighted by Crippen LogP contribution is -2.36. The zero-order chi connectivity index (χ0) is 31.6. The molecular weight excluding hydrogens is 589 g/mol. The van der Waals surface area contributed by atoms with Crippen LogP contribution in [0.3, 0.4) is 0 Å². The lowest BCUT2D eigenvalue weighted by Gasteiger charge is -2.22. The molecule has 1 aliphatic rings. The monoisotopic (exact) mass is 616 g/mol. The molecule has 9 aromatic rings. The number of nitrogens with zero attached hydrogens (tertiary/aromatic N) is 3. The summed E-state index contributed by atoms with van der Waals surface area (Å²) in [6, 6.07) is 55.1. The number of para-hydroxylation sites is 2. The Labute approximate surface area is 276 Å². The van der Waals surface area contributed by atoms with Crippen molar-refractivity contribution in [2.75, 3.05) is 0 Å². The van der Waals surface area contributed by atoms with E-state index < -0.39 is 6.17 Å². The summed E-state index contributed by atoms with van der Waals surface area (Å²) in [6.07, 6.45) is -0.454. The molecule has 0 fully saturated rings. The third-order valence-electron chi connectivity index (χ3n) is 9.41. The van der Waals surface area contributed by atoms with E-state index in [4.69, 9.17) is 14.4 Å². The average molecular weight is 617 g/mol. The molecule has 0 amide bonds. The van der Waals surface area contributed by atoms with E-state index in [1.165, 1.54) is 27.2 Å². The fraction of sp³-hybridized carbons (Fsp3) is 0.0233. The number of nitrogens with one attached hydrogen (secondary N) is 1. The third kappa shape index (κ3) is 4.25. The van der Waals surface area contributed by atoms with Crippen molar-refractivity contribution in [1.82, 2.24) is 9.88 Å². The van der Waals surface area contributed by atoms with E-state index in [2.05, 4.69) is 149 Å². The van der Waals surface area contributed by atoms with Crippen LogP contribution in [0.15, 0.2) is 172 Å². The molecule has 7 aromatic carbocycles. The van der Waals surface area contributed by atoms with Crippen LogP contribution in [0, 0.1) is 0 Å². The van der Waals surface area contributed by atoms with Crippen LogP contribution in [0.5, 0.6) is 0 Å². The van der Waals surface area contributed by atoms with E-state index in [-0.39, 0.29) is 0 Å². The maximum Gasteiger partial charge on any atom is 0.169 e. The van der Waals surface area contributed by atoms with Gasteiger partial charge in [0, 0.05) is 43.9 Å². The van der Waals surface area contributed by atoms with Gasteiger partial charge in [0.25, 0.3) is 0 Å². The van der Waals surface area contributed by atoms with Gasteiger partial charge in [-0.05, 0) is 53.2 Å². The van der Waals surface area contributed by atoms with Crippen molar-refractivity contribution in [3.05, 3.63) is 174 Å². The normalized spacial score (nSPS) is 14.9. The number of hydrogen-bond acceptors (Lipinski definition) is 4. The molecule has 0 saturated carbocycles. The minimum absolute atomic E-state index is 0.454. The first-order valence-electron chi connectivity index (χ1n) is 16.2. The average Bonchev–Trinajstić information content (AvgIpc) is 3.69. The van der Waals surface area contributed by atoms with Crippen LogP contribution in [0.1, 0.15) is 22.9 Å². The van der Waals surface area contributed by atoms with Crippen molar-refractivity contribution in [2.45, 2.75) is 6.17 Å². The minimum atomic E-state index is -0.454. The Hall–Kier alpha value is -6.46. The molecule has 226 valence electrons. The van der Waals surface area contributed by atoms with Crippen molar-refractivity contribution >= 4 is 66.2 Å². The Morgan fingerprint density at radius 2 is 1.10 bits per heavy atom. The molecule has 0 radical (unpaired) electrons. The smallest absolute Gasteiger partial charge is 0.169 e. The van der Waals surface area contributed by atoms with Crippen molar-refractivity contribution in [2.24, 2.45) is 9.98 Å². The van der Waals surface area contributed by atoms with Crippen LogP contribution >= 0.6 is 0 Å². The molecule has 1 aliphatic heterocycles. The van der Waals surface area contributed by atoms with Crippen LogP contribution in [0.2, 0.25) is 0 Å². The van der Waals surface area contributed by atoms with E-state index in [1.54, 1.807) is 0 Å². The fourth-order valence-electron chi connectivity index (χ4n) is 7.12. The quantitative estimate of drug-likeness (QED) is 0.214. The molecule has 0 saturated heterocycles. The molecule has 1 N–H and O–H groups in total. The summed E-state index contributed by atoms with van der Waals surface area (Å²) in [4.78, 5) is 10.3. The van der Waals surface area contributed by atoms with Crippen molar-refractivity contribution in [3.8, 4) is 5.69 Å². The van der Waals surface area contributed by atoms with Gasteiger partial charge < -0.3 is 14.3 Å². The summed E-state index contributed by atoms with van der Waals surface area (Å²) >= 11 is 0.